The maximum Gasteiger partial charge on any atom is 0.244 e. The smallest absolute Gasteiger partial charge is 0.244 e. The molecule has 1 N–H and O–H groups in total. The molecule has 0 spiro atoms. The normalized spacial score (nSPS) is 11.9. The van der Waals surface area contributed by atoms with Gasteiger partial charge in [-0.3, -0.25) is 4.79 Å². The summed E-state index contributed by atoms with van der Waals surface area (Å²) in [7, 11) is 0. The van der Waals surface area contributed by atoms with Crippen molar-refractivity contribution in [3.8, 4) is 5.75 Å². The number of hydrogen-bond acceptors (Lipinski definition) is 5. The first-order chi connectivity index (χ1) is 11.7. The molecule has 7 heteroatoms. The molecule has 24 heavy (non-hydrogen) atoms. The number of nitrogens with one attached hydrogen (secondary N) is 1. The Bertz CT molecular complexity index is 771. The van der Waals surface area contributed by atoms with Crippen LogP contribution in [0.3, 0.4) is 0 Å². The molecule has 1 atom stereocenters. The van der Waals surface area contributed by atoms with Gasteiger partial charge in [-0.25, -0.2) is 9.67 Å². The minimum Gasteiger partial charge on any atom is -0.489 e. The summed E-state index contributed by atoms with van der Waals surface area (Å²) < 4.78 is 7.25. The highest BCUT2D eigenvalue weighted by Gasteiger charge is 2.15. The molecule has 0 aliphatic heterocycles. The first kappa shape index (κ1) is 16.2. The third-order valence-electron chi connectivity index (χ3n) is 3.51. The van der Waals surface area contributed by atoms with E-state index in [1.807, 2.05) is 41.8 Å². The van der Waals surface area contributed by atoms with E-state index >= 15 is 0 Å². The van der Waals surface area contributed by atoms with E-state index in [1.54, 1.807) is 18.3 Å². The first-order valence-corrected chi connectivity index (χ1v) is 8.46. The molecule has 1 aromatic carbocycles. The Labute approximate surface area is 144 Å². The molecule has 6 nitrogen and oxygen atoms in total. The van der Waals surface area contributed by atoms with Crippen LogP contribution < -0.4 is 10.1 Å². The number of rotatable bonds is 7. The number of carbonyl (C=O) groups is 1. The zero-order chi connectivity index (χ0) is 16.8. The highest BCUT2D eigenvalue weighted by atomic mass is 32.1. The Hall–Kier alpha value is -2.67. The molecule has 0 radical (unpaired) electrons. The molecule has 0 aliphatic carbocycles. The number of para-hydroxylation sites is 1. The molecule has 2 heterocycles. The molecule has 3 rings (SSSR count). The molecule has 0 saturated heterocycles. The van der Waals surface area contributed by atoms with E-state index in [-0.39, 0.29) is 11.9 Å². The zero-order valence-electron chi connectivity index (χ0n) is 13.3. The predicted molar refractivity (Wildman–Crippen MR) is 91.7 cm³/mol. The molecule has 1 unspecified atom stereocenters. The number of nitrogens with zero attached hydrogens (tertiary/aromatic N) is 3. The maximum atomic E-state index is 12.1. The highest BCUT2D eigenvalue weighted by Crippen LogP contribution is 2.18. The lowest BCUT2D eigenvalue weighted by Gasteiger charge is -2.11. The summed E-state index contributed by atoms with van der Waals surface area (Å²) in [6.45, 7) is 2.80. The van der Waals surface area contributed by atoms with Gasteiger partial charge in [0.1, 0.15) is 31.1 Å². The Morgan fingerprint density at radius 3 is 2.96 bits per heavy atom. The van der Waals surface area contributed by atoms with Crippen molar-refractivity contribution < 1.29 is 9.53 Å². The topological polar surface area (TPSA) is 69.0 Å². The van der Waals surface area contributed by atoms with Gasteiger partial charge in [0.25, 0.3) is 0 Å². The highest BCUT2D eigenvalue weighted by molar-refractivity contribution is 7.10. The van der Waals surface area contributed by atoms with Crippen LogP contribution in [0, 0.1) is 0 Å². The summed E-state index contributed by atoms with van der Waals surface area (Å²) in [5.41, 5.74) is 1.09. The van der Waals surface area contributed by atoms with Gasteiger partial charge >= 0.3 is 0 Å². The lowest BCUT2D eigenvalue weighted by Crippen LogP contribution is -2.30. The lowest BCUT2D eigenvalue weighted by molar-refractivity contribution is -0.124. The van der Waals surface area contributed by atoms with Gasteiger partial charge in [0.05, 0.1) is 6.54 Å². The molecule has 124 valence electrons. The van der Waals surface area contributed by atoms with E-state index in [2.05, 4.69) is 15.4 Å². The van der Waals surface area contributed by atoms with Crippen LogP contribution in [0.1, 0.15) is 23.4 Å². The van der Waals surface area contributed by atoms with Gasteiger partial charge in [-0.15, -0.1) is 11.3 Å². The lowest BCUT2D eigenvalue weighted by atomic mass is 10.3. The maximum absolute atomic E-state index is 12.1. The standard InChI is InChI=1S/C17H18N4O2S/c1-13(21-12-18-11-20-21)17(22)19-8-16-7-14(10-24-16)9-23-15-5-3-2-4-6-15/h2-7,10-13H,8-9H2,1H3,(H,19,22). The largest absolute Gasteiger partial charge is 0.489 e. The number of hydrogen-bond donors (Lipinski definition) is 1. The molecular weight excluding hydrogens is 324 g/mol. The number of aromatic nitrogens is 3. The quantitative estimate of drug-likeness (QED) is 0.717. The van der Waals surface area contributed by atoms with Crippen LogP contribution in [-0.2, 0) is 17.9 Å². The van der Waals surface area contributed by atoms with Gasteiger partial charge in [0.2, 0.25) is 5.91 Å². The van der Waals surface area contributed by atoms with Gasteiger partial charge in [0.15, 0.2) is 0 Å². The second-order valence-corrected chi connectivity index (χ2v) is 6.29. The van der Waals surface area contributed by atoms with E-state index in [4.69, 9.17) is 4.74 Å². The third kappa shape index (κ3) is 4.20. The Morgan fingerprint density at radius 2 is 2.21 bits per heavy atom. The minimum atomic E-state index is -0.381. The number of amides is 1. The summed E-state index contributed by atoms with van der Waals surface area (Å²) >= 11 is 1.61. The average Bonchev–Trinajstić information content (AvgIpc) is 3.30. The van der Waals surface area contributed by atoms with Gasteiger partial charge in [-0.05, 0) is 30.5 Å². The Kier molecular flexibility index (Phi) is 5.22. The van der Waals surface area contributed by atoms with Crippen LogP contribution in [0.15, 0.2) is 54.4 Å². The van der Waals surface area contributed by atoms with Crippen molar-refractivity contribution in [2.75, 3.05) is 0 Å². The van der Waals surface area contributed by atoms with Gasteiger partial charge in [0, 0.05) is 10.4 Å². The molecule has 1 amide bonds. The summed E-state index contributed by atoms with van der Waals surface area (Å²) in [5, 5.41) is 8.94. The fraction of sp³-hybridized carbons (Fsp3) is 0.235. The van der Waals surface area contributed by atoms with E-state index in [0.29, 0.717) is 13.2 Å². The van der Waals surface area contributed by atoms with E-state index in [9.17, 15) is 4.79 Å². The van der Waals surface area contributed by atoms with Crippen molar-refractivity contribution in [1.29, 1.82) is 0 Å². The molecule has 3 aromatic rings. The first-order valence-electron chi connectivity index (χ1n) is 7.58. The second kappa shape index (κ2) is 7.74. The second-order valence-electron chi connectivity index (χ2n) is 5.29. The summed E-state index contributed by atoms with van der Waals surface area (Å²) in [6.07, 6.45) is 2.95. The average molecular weight is 342 g/mol. The number of thiophene rings is 1. The predicted octanol–water partition coefficient (Wildman–Crippen LogP) is 2.80. The van der Waals surface area contributed by atoms with Crippen LogP contribution in [-0.4, -0.2) is 20.7 Å². The van der Waals surface area contributed by atoms with Crippen molar-refractivity contribution >= 4 is 17.2 Å². The molecule has 0 fully saturated rings. The number of benzene rings is 1. The zero-order valence-corrected chi connectivity index (χ0v) is 14.1. The molecule has 0 bridgehead atoms. The summed E-state index contributed by atoms with van der Waals surface area (Å²) in [4.78, 5) is 17.0. The molecule has 0 aliphatic rings. The number of carbonyl (C=O) groups excluding carboxylic acids is 1. The number of ether oxygens (including phenoxy) is 1. The Balaban J connectivity index is 1.48. The summed E-state index contributed by atoms with van der Waals surface area (Å²) in [6, 6.07) is 11.4. The van der Waals surface area contributed by atoms with Crippen molar-refractivity contribution in [2.45, 2.75) is 26.1 Å². The minimum absolute atomic E-state index is 0.0871. The molecular formula is C17H18N4O2S. The summed E-state index contributed by atoms with van der Waals surface area (Å²) in [5.74, 6) is 0.760. The van der Waals surface area contributed by atoms with Crippen LogP contribution in [0.25, 0.3) is 0 Å². The van der Waals surface area contributed by atoms with Crippen molar-refractivity contribution in [1.82, 2.24) is 20.1 Å². The monoisotopic (exact) mass is 342 g/mol. The van der Waals surface area contributed by atoms with Crippen LogP contribution in [0.5, 0.6) is 5.75 Å². The van der Waals surface area contributed by atoms with Crippen molar-refractivity contribution in [3.05, 3.63) is 64.9 Å². The fourth-order valence-corrected chi connectivity index (χ4v) is 2.95. The Morgan fingerprint density at radius 1 is 1.38 bits per heavy atom. The van der Waals surface area contributed by atoms with Crippen LogP contribution in [0.4, 0.5) is 0 Å². The molecule has 0 saturated carbocycles. The third-order valence-corrected chi connectivity index (χ3v) is 4.49. The molecule has 2 aromatic heterocycles. The SMILES string of the molecule is CC(C(=O)NCc1cc(COc2ccccc2)cs1)n1cncn1. The van der Waals surface area contributed by atoms with Crippen molar-refractivity contribution in [2.24, 2.45) is 0 Å². The van der Waals surface area contributed by atoms with Gasteiger partial charge in [-0.1, -0.05) is 18.2 Å². The van der Waals surface area contributed by atoms with Crippen molar-refractivity contribution in [3.63, 3.8) is 0 Å². The van der Waals surface area contributed by atoms with Gasteiger partial charge in [-0.2, -0.15) is 5.10 Å². The van der Waals surface area contributed by atoms with Crippen LogP contribution >= 0.6 is 11.3 Å². The van der Waals surface area contributed by atoms with E-state index in [1.165, 1.54) is 17.3 Å². The van der Waals surface area contributed by atoms with E-state index < -0.39 is 0 Å². The van der Waals surface area contributed by atoms with Crippen LogP contribution in [0.2, 0.25) is 0 Å². The fourth-order valence-electron chi connectivity index (χ4n) is 2.14. The van der Waals surface area contributed by atoms with Gasteiger partial charge < -0.3 is 10.1 Å². The van der Waals surface area contributed by atoms with E-state index in [0.717, 1.165) is 16.2 Å².